The summed E-state index contributed by atoms with van der Waals surface area (Å²) in [5.74, 6) is 1.42. The van der Waals surface area contributed by atoms with Crippen LogP contribution >= 0.6 is 0 Å². The van der Waals surface area contributed by atoms with Gasteiger partial charge in [-0.1, -0.05) is 13.8 Å². The number of pyridine rings is 1. The quantitative estimate of drug-likeness (QED) is 0.628. The van der Waals surface area contributed by atoms with Gasteiger partial charge in [-0.05, 0) is 24.6 Å². The van der Waals surface area contributed by atoms with Crippen molar-refractivity contribution < 1.29 is 14.2 Å². The van der Waals surface area contributed by atoms with Gasteiger partial charge < -0.3 is 19.5 Å². The minimum absolute atomic E-state index is 0.524. The molecule has 0 saturated carbocycles. The average molecular weight is 282 g/mol. The fourth-order valence-electron chi connectivity index (χ4n) is 1.55. The van der Waals surface area contributed by atoms with Gasteiger partial charge in [-0.2, -0.15) is 0 Å². The van der Waals surface area contributed by atoms with Crippen LogP contribution in [0.15, 0.2) is 18.3 Å². The van der Waals surface area contributed by atoms with Gasteiger partial charge in [0.1, 0.15) is 12.4 Å². The molecule has 1 N–H and O–H groups in total. The highest BCUT2D eigenvalue weighted by atomic mass is 16.5. The topological polar surface area (TPSA) is 52.6 Å². The van der Waals surface area contributed by atoms with E-state index >= 15 is 0 Å². The molecule has 0 unspecified atom stereocenters. The molecule has 0 saturated heterocycles. The lowest BCUT2D eigenvalue weighted by Gasteiger charge is -2.09. The zero-order valence-electron chi connectivity index (χ0n) is 12.7. The molecule has 0 aliphatic carbocycles. The molecule has 1 aromatic heterocycles. The van der Waals surface area contributed by atoms with Crippen LogP contribution < -0.4 is 10.1 Å². The number of aromatic nitrogens is 1. The zero-order valence-corrected chi connectivity index (χ0v) is 12.7. The summed E-state index contributed by atoms with van der Waals surface area (Å²) >= 11 is 0. The van der Waals surface area contributed by atoms with E-state index in [0.29, 0.717) is 32.3 Å². The summed E-state index contributed by atoms with van der Waals surface area (Å²) in [7, 11) is 1.66. The lowest BCUT2D eigenvalue weighted by molar-refractivity contribution is 0.0543. The molecule has 0 aliphatic heterocycles. The van der Waals surface area contributed by atoms with Crippen LogP contribution in [0.2, 0.25) is 0 Å². The summed E-state index contributed by atoms with van der Waals surface area (Å²) in [5.41, 5.74) is 1.02. The molecule has 1 aromatic rings. The number of nitrogens with zero attached hydrogens (tertiary/aromatic N) is 1. The van der Waals surface area contributed by atoms with E-state index in [1.165, 1.54) is 0 Å². The molecule has 0 aromatic carbocycles. The van der Waals surface area contributed by atoms with Crippen molar-refractivity contribution in [2.24, 2.45) is 5.92 Å². The monoisotopic (exact) mass is 282 g/mol. The number of hydrogen-bond donors (Lipinski definition) is 1. The Hall–Kier alpha value is -1.17. The molecule has 20 heavy (non-hydrogen) atoms. The van der Waals surface area contributed by atoms with Crippen molar-refractivity contribution in [3.8, 4) is 5.75 Å². The molecule has 5 nitrogen and oxygen atoms in total. The van der Waals surface area contributed by atoms with Gasteiger partial charge in [0.2, 0.25) is 0 Å². The molecule has 0 spiro atoms. The number of methoxy groups -OCH3 is 1. The van der Waals surface area contributed by atoms with E-state index < -0.39 is 0 Å². The summed E-state index contributed by atoms with van der Waals surface area (Å²) in [6, 6.07) is 3.92. The molecule has 0 amide bonds. The highest BCUT2D eigenvalue weighted by Crippen LogP contribution is 2.08. The predicted octanol–water partition coefficient (Wildman–Crippen LogP) is 1.87. The summed E-state index contributed by atoms with van der Waals surface area (Å²) in [5, 5.41) is 3.36. The van der Waals surface area contributed by atoms with Crippen LogP contribution in [0, 0.1) is 5.92 Å². The molecule has 5 heteroatoms. The van der Waals surface area contributed by atoms with Crippen molar-refractivity contribution in [3.63, 3.8) is 0 Å². The minimum Gasteiger partial charge on any atom is -0.490 e. The Morgan fingerprint density at radius 2 is 1.95 bits per heavy atom. The fourth-order valence-corrected chi connectivity index (χ4v) is 1.55. The van der Waals surface area contributed by atoms with Gasteiger partial charge in [0.15, 0.2) is 0 Å². The van der Waals surface area contributed by atoms with Crippen molar-refractivity contribution in [1.82, 2.24) is 10.3 Å². The number of nitrogens with one attached hydrogen (secondary N) is 1. The molecule has 0 fully saturated rings. The number of ether oxygens (including phenoxy) is 3. The molecular weight excluding hydrogens is 256 g/mol. The summed E-state index contributed by atoms with van der Waals surface area (Å²) in [6.45, 7) is 8.45. The first-order chi connectivity index (χ1) is 9.72. The third-order valence-electron chi connectivity index (χ3n) is 2.58. The third-order valence-corrected chi connectivity index (χ3v) is 2.58. The van der Waals surface area contributed by atoms with Crippen molar-refractivity contribution in [2.45, 2.75) is 20.4 Å². The van der Waals surface area contributed by atoms with E-state index in [9.17, 15) is 0 Å². The zero-order chi connectivity index (χ0) is 14.6. The van der Waals surface area contributed by atoms with E-state index in [0.717, 1.165) is 24.5 Å². The molecule has 0 bridgehead atoms. The molecule has 0 atom stereocenters. The Morgan fingerprint density at radius 1 is 1.15 bits per heavy atom. The van der Waals surface area contributed by atoms with Crippen LogP contribution in [0.5, 0.6) is 5.75 Å². The summed E-state index contributed by atoms with van der Waals surface area (Å²) < 4.78 is 15.7. The number of rotatable bonds is 11. The van der Waals surface area contributed by atoms with E-state index in [1.54, 1.807) is 13.3 Å². The maximum absolute atomic E-state index is 5.54. The Labute approximate surface area is 121 Å². The van der Waals surface area contributed by atoms with Crippen molar-refractivity contribution in [3.05, 3.63) is 24.0 Å². The molecular formula is C15H26N2O3. The molecule has 0 radical (unpaired) electrons. The van der Waals surface area contributed by atoms with Gasteiger partial charge in [0.05, 0.1) is 31.7 Å². The summed E-state index contributed by atoms with van der Waals surface area (Å²) in [6.07, 6.45) is 1.75. The van der Waals surface area contributed by atoms with Crippen LogP contribution in [-0.4, -0.2) is 45.1 Å². The van der Waals surface area contributed by atoms with E-state index in [-0.39, 0.29) is 0 Å². The van der Waals surface area contributed by atoms with Crippen LogP contribution in [0.25, 0.3) is 0 Å². The first-order valence-corrected chi connectivity index (χ1v) is 7.07. The normalized spacial score (nSPS) is 11.0. The first-order valence-electron chi connectivity index (χ1n) is 7.07. The lowest BCUT2D eigenvalue weighted by Crippen LogP contribution is -2.19. The molecule has 1 heterocycles. The second-order valence-electron chi connectivity index (χ2n) is 4.96. The van der Waals surface area contributed by atoms with Gasteiger partial charge in [0, 0.05) is 13.7 Å². The van der Waals surface area contributed by atoms with Crippen molar-refractivity contribution >= 4 is 0 Å². The fraction of sp³-hybridized carbons (Fsp3) is 0.667. The lowest BCUT2D eigenvalue weighted by atomic mass is 10.2. The summed E-state index contributed by atoms with van der Waals surface area (Å²) in [4.78, 5) is 4.36. The van der Waals surface area contributed by atoms with Crippen molar-refractivity contribution in [2.75, 3.05) is 40.1 Å². The standard InChI is InChI=1S/C15H26N2O3/c1-13(2)10-16-11-14-4-5-15(12-17-14)20-9-8-19-7-6-18-3/h4-5,12-13,16H,6-11H2,1-3H3. The first kappa shape index (κ1) is 16.9. The van der Waals surface area contributed by atoms with Gasteiger partial charge in [-0.25, -0.2) is 0 Å². The Bertz CT molecular complexity index is 341. The van der Waals surface area contributed by atoms with E-state index in [1.807, 2.05) is 12.1 Å². The van der Waals surface area contributed by atoms with Crippen LogP contribution in [-0.2, 0) is 16.0 Å². The van der Waals surface area contributed by atoms with Crippen molar-refractivity contribution in [1.29, 1.82) is 0 Å². The van der Waals surface area contributed by atoms with Gasteiger partial charge in [-0.3, -0.25) is 4.98 Å². The SMILES string of the molecule is COCCOCCOc1ccc(CNCC(C)C)nc1. The smallest absolute Gasteiger partial charge is 0.137 e. The minimum atomic E-state index is 0.524. The average Bonchev–Trinajstić information content (AvgIpc) is 2.44. The van der Waals surface area contributed by atoms with Gasteiger partial charge in [-0.15, -0.1) is 0 Å². The van der Waals surface area contributed by atoms with Gasteiger partial charge >= 0.3 is 0 Å². The van der Waals surface area contributed by atoms with E-state index in [2.05, 4.69) is 24.1 Å². The maximum Gasteiger partial charge on any atom is 0.137 e. The number of hydrogen-bond acceptors (Lipinski definition) is 5. The Balaban J connectivity index is 2.15. The van der Waals surface area contributed by atoms with E-state index in [4.69, 9.17) is 14.2 Å². The van der Waals surface area contributed by atoms with Crippen LogP contribution in [0.3, 0.4) is 0 Å². The van der Waals surface area contributed by atoms with Gasteiger partial charge in [0.25, 0.3) is 0 Å². The van der Waals surface area contributed by atoms with Crippen LogP contribution in [0.4, 0.5) is 0 Å². The highest BCUT2D eigenvalue weighted by Gasteiger charge is 1.98. The molecule has 0 aliphatic rings. The third kappa shape index (κ3) is 8.09. The highest BCUT2D eigenvalue weighted by molar-refractivity contribution is 5.19. The molecule has 1 rings (SSSR count). The Kier molecular flexibility index (Phi) is 8.95. The largest absolute Gasteiger partial charge is 0.490 e. The molecule has 114 valence electrons. The predicted molar refractivity (Wildman–Crippen MR) is 79.0 cm³/mol. The Morgan fingerprint density at radius 3 is 2.60 bits per heavy atom. The maximum atomic E-state index is 5.54. The van der Waals surface area contributed by atoms with Crippen LogP contribution in [0.1, 0.15) is 19.5 Å². The second-order valence-corrected chi connectivity index (χ2v) is 4.96. The second kappa shape index (κ2) is 10.6.